The van der Waals surface area contributed by atoms with E-state index in [0.717, 1.165) is 21.7 Å². The van der Waals surface area contributed by atoms with Crippen molar-refractivity contribution in [3.63, 3.8) is 0 Å². The molecule has 2 N–H and O–H groups in total. The lowest BCUT2D eigenvalue weighted by Gasteiger charge is -2.10. The molecule has 0 spiro atoms. The van der Waals surface area contributed by atoms with Crippen molar-refractivity contribution in [2.24, 2.45) is 0 Å². The molecular formula is C15H16BrNOS. The Hall–Kier alpha value is -1.13. The smallest absolute Gasteiger partial charge is 0.122 e. The minimum Gasteiger partial charge on any atom is -0.496 e. The minimum absolute atomic E-state index is 0.807. The second-order valence-electron chi connectivity index (χ2n) is 4.27. The van der Waals surface area contributed by atoms with E-state index in [1.54, 1.807) is 18.9 Å². The molecule has 0 aromatic heterocycles. The van der Waals surface area contributed by atoms with Crippen molar-refractivity contribution in [3.8, 4) is 5.75 Å². The Bertz CT molecular complexity index is 586. The average Bonchev–Trinajstić information content (AvgIpc) is 2.38. The number of halogens is 1. The van der Waals surface area contributed by atoms with E-state index in [4.69, 9.17) is 10.5 Å². The SMILES string of the molecule is COc1ccc(Br)cc1CSc1ccc(N)cc1C. The number of aryl methyl sites for hydroxylation is 1. The summed E-state index contributed by atoms with van der Waals surface area (Å²) in [6, 6.07) is 12.1. The summed E-state index contributed by atoms with van der Waals surface area (Å²) >= 11 is 5.29. The molecule has 2 nitrogen and oxygen atoms in total. The maximum absolute atomic E-state index is 5.76. The third kappa shape index (κ3) is 3.67. The molecule has 2 aromatic rings. The predicted molar refractivity (Wildman–Crippen MR) is 85.8 cm³/mol. The van der Waals surface area contributed by atoms with Crippen LogP contribution in [-0.2, 0) is 5.75 Å². The van der Waals surface area contributed by atoms with Crippen molar-refractivity contribution in [1.82, 2.24) is 0 Å². The third-order valence-corrected chi connectivity index (χ3v) is 4.54. The molecule has 0 aliphatic heterocycles. The number of thioether (sulfide) groups is 1. The van der Waals surface area contributed by atoms with Gasteiger partial charge in [0.25, 0.3) is 0 Å². The van der Waals surface area contributed by atoms with E-state index >= 15 is 0 Å². The summed E-state index contributed by atoms with van der Waals surface area (Å²) in [5.74, 6) is 1.79. The molecule has 2 rings (SSSR count). The molecule has 0 unspecified atom stereocenters. The Morgan fingerprint density at radius 1 is 1.21 bits per heavy atom. The monoisotopic (exact) mass is 337 g/mol. The van der Waals surface area contributed by atoms with Crippen LogP contribution in [0.2, 0.25) is 0 Å². The largest absolute Gasteiger partial charge is 0.496 e. The van der Waals surface area contributed by atoms with Crippen LogP contribution in [0, 0.1) is 6.92 Å². The number of nitrogens with two attached hydrogens (primary N) is 1. The fourth-order valence-electron chi connectivity index (χ4n) is 1.85. The number of nitrogen functional groups attached to an aromatic ring is 1. The molecule has 0 heterocycles. The van der Waals surface area contributed by atoms with E-state index in [-0.39, 0.29) is 0 Å². The first-order chi connectivity index (χ1) is 9.10. The summed E-state index contributed by atoms with van der Waals surface area (Å²) in [6.45, 7) is 2.08. The molecule has 0 atom stereocenters. The van der Waals surface area contributed by atoms with Gasteiger partial charge in [-0.15, -0.1) is 11.8 Å². The minimum atomic E-state index is 0.807. The number of methoxy groups -OCH3 is 1. The molecule has 0 aliphatic carbocycles. The van der Waals surface area contributed by atoms with Gasteiger partial charge in [-0.2, -0.15) is 0 Å². The maximum Gasteiger partial charge on any atom is 0.122 e. The summed E-state index contributed by atoms with van der Waals surface area (Å²) in [4.78, 5) is 1.25. The summed E-state index contributed by atoms with van der Waals surface area (Å²) in [6.07, 6.45) is 0. The van der Waals surface area contributed by atoms with Gasteiger partial charge < -0.3 is 10.5 Å². The zero-order valence-electron chi connectivity index (χ0n) is 10.9. The molecule has 2 aromatic carbocycles. The van der Waals surface area contributed by atoms with Crippen molar-refractivity contribution in [2.75, 3.05) is 12.8 Å². The normalized spacial score (nSPS) is 10.5. The lowest BCUT2D eigenvalue weighted by atomic mass is 10.2. The number of anilines is 1. The standard InChI is InChI=1S/C15H16BrNOS/c1-10-7-13(17)4-6-15(10)19-9-11-8-12(16)3-5-14(11)18-2/h3-8H,9,17H2,1-2H3. The molecule has 100 valence electrons. The van der Waals surface area contributed by atoms with Crippen LogP contribution in [-0.4, -0.2) is 7.11 Å². The molecule has 0 saturated carbocycles. The quantitative estimate of drug-likeness (QED) is 0.651. The lowest BCUT2D eigenvalue weighted by molar-refractivity contribution is 0.411. The zero-order chi connectivity index (χ0) is 13.8. The summed E-state index contributed by atoms with van der Waals surface area (Å²) in [5, 5.41) is 0. The fraction of sp³-hybridized carbons (Fsp3) is 0.200. The second kappa shape index (κ2) is 6.35. The highest BCUT2D eigenvalue weighted by atomic mass is 79.9. The highest BCUT2D eigenvalue weighted by Crippen LogP contribution is 2.32. The van der Waals surface area contributed by atoms with Gasteiger partial charge in [-0.3, -0.25) is 0 Å². The average molecular weight is 338 g/mol. The van der Waals surface area contributed by atoms with Crippen LogP contribution in [0.5, 0.6) is 5.75 Å². The second-order valence-corrected chi connectivity index (χ2v) is 6.20. The van der Waals surface area contributed by atoms with Gasteiger partial charge in [-0.25, -0.2) is 0 Å². The van der Waals surface area contributed by atoms with Gasteiger partial charge in [0.05, 0.1) is 7.11 Å². The molecule has 0 amide bonds. The van der Waals surface area contributed by atoms with Crippen LogP contribution < -0.4 is 10.5 Å². The molecule has 0 aliphatic rings. The highest BCUT2D eigenvalue weighted by molar-refractivity contribution is 9.10. The van der Waals surface area contributed by atoms with Crippen LogP contribution in [0.3, 0.4) is 0 Å². The van der Waals surface area contributed by atoms with Crippen LogP contribution >= 0.6 is 27.7 Å². The Morgan fingerprint density at radius 3 is 2.68 bits per heavy atom. The molecule has 0 saturated heterocycles. The Morgan fingerprint density at radius 2 is 2.00 bits per heavy atom. The van der Waals surface area contributed by atoms with Gasteiger partial charge in [0, 0.05) is 26.4 Å². The maximum atomic E-state index is 5.76. The van der Waals surface area contributed by atoms with E-state index in [9.17, 15) is 0 Å². The van der Waals surface area contributed by atoms with E-state index in [2.05, 4.69) is 35.0 Å². The summed E-state index contributed by atoms with van der Waals surface area (Å²) < 4.78 is 6.45. The molecular weight excluding hydrogens is 322 g/mol. The highest BCUT2D eigenvalue weighted by Gasteiger charge is 2.06. The van der Waals surface area contributed by atoms with Crippen LogP contribution in [0.4, 0.5) is 5.69 Å². The zero-order valence-corrected chi connectivity index (χ0v) is 13.3. The number of ether oxygens (including phenoxy) is 1. The van der Waals surface area contributed by atoms with Crippen LogP contribution in [0.25, 0.3) is 0 Å². The Balaban J connectivity index is 2.16. The van der Waals surface area contributed by atoms with E-state index in [1.807, 2.05) is 24.3 Å². The van der Waals surface area contributed by atoms with Gasteiger partial charge >= 0.3 is 0 Å². The molecule has 4 heteroatoms. The van der Waals surface area contributed by atoms with Crippen molar-refractivity contribution in [1.29, 1.82) is 0 Å². The number of hydrogen-bond acceptors (Lipinski definition) is 3. The van der Waals surface area contributed by atoms with Gasteiger partial charge in [0.1, 0.15) is 5.75 Å². The van der Waals surface area contributed by atoms with Gasteiger partial charge in [0.2, 0.25) is 0 Å². The van der Waals surface area contributed by atoms with Crippen molar-refractivity contribution in [2.45, 2.75) is 17.6 Å². The lowest BCUT2D eigenvalue weighted by Crippen LogP contribution is -1.91. The van der Waals surface area contributed by atoms with Crippen LogP contribution in [0.1, 0.15) is 11.1 Å². The molecule has 0 bridgehead atoms. The summed E-state index contributed by atoms with van der Waals surface area (Å²) in [5.41, 5.74) is 8.96. The fourth-order valence-corrected chi connectivity index (χ4v) is 3.25. The topological polar surface area (TPSA) is 35.2 Å². The number of hydrogen-bond donors (Lipinski definition) is 1. The van der Waals surface area contributed by atoms with Crippen molar-refractivity contribution >= 4 is 33.4 Å². The third-order valence-electron chi connectivity index (χ3n) is 2.82. The molecule has 0 fully saturated rings. The Kier molecular flexibility index (Phi) is 4.77. The summed E-state index contributed by atoms with van der Waals surface area (Å²) in [7, 11) is 1.70. The number of rotatable bonds is 4. The molecule has 0 radical (unpaired) electrons. The van der Waals surface area contributed by atoms with Crippen molar-refractivity contribution < 1.29 is 4.74 Å². The van der Waals surface area contributed by atoms with E-state index in [0.29, 0.717) is 0 Å². The molecule has 19 heavy (non-hydrogen) atoms. The van der Waals surface area contributed by atoms with Crippen molar-refractivity contribution in [3.05, 3.63) is 52.0 Å². The number of benzene rings is 2. The Labute approximate surface area is 126 Å². The van der Waals surface area contributed by atoms with Gasteiger partial charge in [-0.05, 0) is 48.9 Å². The van der Waals surface area contributed by atoms with Crippen LogP contribution in [0.15, 0.2) is 45.8 Å². The van der Waals surface area contributed by atoms with Gasteiger partial charge in [-0.1, -0.05) is 15.9 Å². The first kappa shape index (κ1) is 14.3. The van der Waals surface area contributed by atoms with E-state index in [1.165, 1.54) is 16.0 Å². The predicted octanol–water partition coefficient (Wildman–Crippen LogP) is 4.64. The first-order valence-electron chi connectivity index (χ1n) is 5.91. The van der Waals surface area contributed by atoms with Gasteiger partial charge in [0.15, 0.2) is 0 Å². The van der Waals surface area contributed by atoms with E-state index < -0.39 is 0 Å². The first-order valence-corrected chi connectivity index (χ1v) is 7.69.